The number of aliphatic carboxylic acids is 1. The monoisotopic (exact) mass is 154 g/mol. The number of carbonyl (C=O) groups is 1. The van der Waals surface area contributed by atoms with E-state index in [1.54, 1.807) is 0 Å². The van der Waals surface area contributed by atoms with Crippen LogP contribution in [-0.2, 0) is 9.63 Å². The Hall–Kier alpha value is -1.06. The predicted molar refractivity (Wildman–Crippen MR) is 34.7 cm³/mol. The summed E-state index contributed by atoms with van der Waals surface area (Å²) in [5.41, 5.74) is 0.104. The molecule has 4 heteroatoms. The molecule has 0 amide bonds. The Bertz CT molecular complexity index is 224. The van der Waals surface area contributed by atoms with Crippen LogP contribution >= 0.6 is 0 Å². The highest BCUT2D eigenvalue weighted by Crippen LogP contribution is 2.33. The summed E-state index contributed by atoms with van der Waals surface area (Å²) in [7, 11) is 0. The van der Waals surface area contributed by atoms with Gasteiger partial charge in [-0.15, -0.1) is 0 Å². The lowest BCUT2D eigenvalue weighted by Gasteiger charge is -2.08. The third kappa shape index (κ3) is 0.895. The summed E-state index contributed by atoms with van der Waals surface area (Å²) >= 11 is 0. The van der Waals surface area contributed by atoms with Gasteiger partial charge in [-0.05, 0) is 19.3 Å². The standard InChI is InChI=1S/C7H9NO3/c9-7(10)6-4-2-1-3-5(4)11-8-6/h4-5H,1-3H2,(H,9,10)/p-1/t4-,5-/m1/s1. The van der Waals surface area contributed by atoms with Gasteiger partial charge in [0.15, 0.2) is 0 Å². The van der Waals surface area contributed by atoms with Crippen LogP contribution in [0.4, 0.5) is 0 Å². The Labute approximate surface area is 63.8 Å². The zero-order chi connectivity index (χ0) is 7.84. The first kappa shape index (κ1) is 6.64. The lowest BCUT2D eigenvalue weighted by atomic mass is 10.0. The molecule has 0 aromatic heterocycles. The molecule has 60 valence electrons. The maximum atomic E-state index is 10.4. The van der Waals surface area contributed by atoms with E-state index in [4.69, 9.17) is 4.84 Å². The van der Waals surface area contributed by atoms with Crippen molar-refractivity contribution in [3.05, 3.63) is 0 Å². The van der Waals surface area contributed by atoms with Crippen LogP contribution in [0.1, 0.15) is 19.3 Å². The van der Waals surface area contributed by atoms with Gasteiger partial charge in [-0.25, -0.2) is 0 Å². The lowest BCUT2D eigenvalue weighted by molar-refractivity contribution is -0.294. The van der Waals surface area contributed by atoms with E-state index in [-0.39, 0.29) is 17.7 Å². The Balaban J connectivity index is 2.18. The minimum Gasteiger partial charge on any atom is -0.543 e. The summed E-state index contributed by atoms with van der Waals surface area (Å²) in [6.07, 6.45) is 2.84. The molecule has 0 aromatic carbocycles. The number of hydrogen-bond donors (Lipinski definition) is 0. The molecule has 2 atom stereocenters. The number of carboxylic acid groups (broad SMARTS) is 1. The van der Waals surface area contributed by atoms with E-state index < -0.39 is 5.97 Å². The molecular formula is C7H8NO3-. The minimum absolute atomic E-state index is 0.000000000000000444. The van der Waals surface area contributed by atoms with Crippen LogP contribution in [0.3, 0.4) is 0 Å². The number of carbonyl (C=O) groups excluding carboxylic acids is 1. The summed E-state index contributed by atoms with van der Waals surface area (Å²) < 4.78 is 0. The highest BCUT2D eigenvalue weighted by atomic mass is 16.6. The average Bonchev–Trinajstić information content (AvgIpc) is 2.41. The fourth-order valence-electron chi connectivity index (χ4n) is 1.75. The second kappa shape index (κ2) is 2.22. The molecule has 1 aliphatic heterocycles. The van der Waals surface area contributed by atoms with Gasteiger partial charge in [-0.3, -0.25) is 0 Å². The van der Waals surface area contributed by atoms with Crippen LogP contribution in [0.15, 0.2) is 5.16 Å². The van der Waals surface area contributed by atoms with Crippen LogP contribution in [0.25, 0.3) is 0 Å². The first-order chi connectivity index (χ1) is 5.29. The molecule has 0 bridgehead atoms. The van der Waals surface area contributed by atoms with Gasteiger partial charge in [-0.1, -0.05) is 5.16 Å². The molecule has 4 nitrogen and oxygen atoms in total. The van der Waals surface area contributed by atoms with Crippen molar-refractivity contribution in [3.8, 4) is 0 Å². The maximum Gasteiger partial charge on any atom is 0.136 e. The lowest BCUT2D eigenvalue weighted by Crippen LogP contribution is -2.36. The van der Waals surface area contributed by atoms with E-state index in [0.717, 1.165) is 19.3 Å². The smallest absolute Gasteiger partial charge is 0.136 e. The Morgan fingerprint density at radius 1 is 1.64 bits per heavy atom. The minimum atomic E-state index is -1.18. The first-order valence-corrected chi connectivity index (χ1v) is 3.74. The van der Waals surface area contributed by atoms with Gasteiger partial charge in [0.25, 0.3) is 0 Å². The number of oxime groups is 1. The quantitative estimate of drug-likeness (QED) is 0.501. The van der Waals surface area contributed by atoms with Gasteiger partial charge in [0.2, 0.25) is 0 Å². The van der Waals surface area contributed by atoms with E-state index in [0.29, 0.717) is 0 Å². The molecule has 0 N–H and O–H groups in total. The molecule has 0 saturated heterocycles. The van der Waals surface area contributed by atoms with Crippen molar-refractivity contribution in [1.29, 1.82) is 0 Å². The summed E-state index contributed by atoms with van der Waals surface area (Å²) in [5.74, 6) is -1.18. The van der Waals surface area contributed by atoms with Gasteiger partial charge in [0, 0.05) is 5.92 Å². The van der Waals surface area contributed by atoms with Crippen molar-refractivity contribution in [3.63, 3.8) is 0 Å². The number of rotatable bonds is 1. The molecule has 0 radical (unpaired) electrons. The van der Waals surface area contributed by atoms with Crippen LogP contribution in [-0.4, -0.2) is 17.8 Å². The van der Waals surface area contributed by atoms with E-state index in [9.17, 15) is 9.90 Å². The van der Waals surface area contributed by atoms with Gasteiger partial charge in [0.05, 0.1) is 5.97 Å². The van der Waals surface area contributed by atoms with Crippen molar-refractivity contribution in [2.45, 2.75) is 25.4 Å². The number of carboxylic acids is 1. The van der Waals surface area contributed by atoms with Gasteiger partial charge < -0.3 is 14.7 Å². The van der Waals surface area contributed by atoms with Crippen LogP contribution < -0.4 is 5.11 Å². The largest absolute Gasteiger partial charge is 0.543 e. The molecule has 2 aliphatic rings. The van der Waals surface area contributed by atoms with Crippen LogP contribution in [0, 0.1) is 5.92 Å². The molecule has 1 saturated carbocycles. The van der Waals surface area contributed by atoms with Gasteiger partial charge >= 0.3 is 0 Å². The van der Waals surface area contributed by atoms with Crippen molar-refractivity contribution >= 4 is 11.7 Å². The first-order valence-electron chi connectivity index (χ1n) is 3.74. The van der Waals surface area contributed by atoms with Crippen LogP contribution in [0.5, 0.6) is 0 Å². The van der Waals surface area contributed by atoms with Crippen molar-refractivity contribution < 1.29 is 14.7 Å². The second-order valence-corrected chi connectivity index (χ2v) is 2.95. The van der Waals surface area contributed by atoms with Crippen molar-refractivity contribution in [2.24, 2.45) is 11.1 Å². The van der Waals surface area contributed by atoms with E-state index in [2.05, 4.69) is 5.16 Å². The summed E-state index contributed by atoms with van der Waals surface area (Å²) in [4.78, 5) is 15.3. The molecule has 1 fully saturated rings. The molecule has 0 unspecified atom stereocenters. The fraction of sp³-hybridized carbons (Fsp3) is 0.714. The molecule has 1 aliphatic carbocycles. The molecule has 2 rings (SSSR count). The van der Waals surface area contributed by atoms with Crippen LogP contribution in [0.2, 0.25) is 0 Å². The Morgan fingerprint density at radius 3 is 3.18 bits per heavy atom. The third-order valence-corrected chi connectivity index (χ3v) is 2.30. The van der Waals surface area contributed by atoms with E-state index in [1.807, 2.05) is 0 Å². The normalized spacial score (nSPS) is 34.4. The SMILES string of the molecule is O=C([O-])C1=NO[C@@H]2CCC[C@@H]12. The molecule has 11 heavy (non-hydrogen) atoms. The zero-order valence-electron chi connectivity index (χ0n) is 5.95. The van der Waals surface area contributed by atoms with Gasteiger partial charge in [0.1, 0.15) is 11.8 Å². The maximum absolute atomic E-state index is 10.4. The average molecular weight is 154 g/mol. The topological polar surface area (TPSA) is 61.7 Å². The zero-order valence-corrected chi connectivity index (χ0v) is 5.95. The summed E-state index contributed by atoms with van der Waals surface area (Å²) in [6, 6.07) is 0. The Kier molecular flexibility index (Phi) is 1.34. The van der Waals surface area contributed by atoms with Crippen molar-refractivity contribution in [2.75, 3.05) is 0 Å². The van der Waals surface area contributed by atoms with Crippen molar-refractivity contribution in [1.82, 2.24) is 0 Å². The Morgan fingerprint density at radius 2 is 2.45 bits per heavy atom. The van der Waals surface area contributed by atoms with E-state index in [1.165, 1.54) is 0 Å². The number of hydrogen-bond acceptors (Lipinski definition) is 4. The predicted octanol–water partition coefficient (Wildman–Crippen LogP) is -0.709. The fourth-order valence-corrected chi connectivity index (χ4v) is 1.75. The highest BCUT2D eigenvalue weighted by molar-refractivity contribution is 6.35. The van der Waals surface area contributed by atoms with Gasteiger partial charge in [-0.2, -0.15) is 0 Å². The highest BCUT2D eigenvalue weighted by Gasteiger charge is 2.38. The number of nitrogens with zero attached hydrogens (tertiary/aromatic N) is 1. The van der Waals surface area contributed by atoms with E-state index >= 15 is 0 Å². The number of fused-ring (bicyclic) bond motifs is 1. The third-order valence-electron chi connectivity index (χ3n) is 2.30. The summed E-state index contributed by atoms with van der Waals surface area (Å²) in [5, 5.41) is 13.9. The summed E-state index contributed by atoms with van der Waals surface area (Å²) in [6.45, 7) is 0. The molecule has 0 spiro atoms. The second-order valence-electron chi connectivity index (χ2n) is 2.95. The molecule has 1 heterocycles. The molecule has 0 aromatic rings. The molecular weight excluding hydrogens is 146 g/mol.